The summed E-state index contributed by atoms with van der Waals surface area (Å²) in [5.41, 5.74) is 1.94. The molecule has 1 unspecified atom stereocenters. The minimum absolute atomic E-state index is 0.200. The van der Waals surface area contributed by atoms with Crippen molar-refractivity contribution in [2.45, 2.75) is 50.8 Å². The fourth-order valence-corrected chi connectivity index (χ4v) is 4.94. The number of nitrogens with one attached hydrogen (secondary N) is 1. The number of nitrogens with zero attached hydrogens (tertiary/aromatic N) is 1. The van der Waals surface area contributed by atoms with Crippen LogP contribution in [-0.4, -0.2) is 37.8 Å². The van der Waals surface area contributed by atoms with Crippen molar-refractivity contribution in [2.75, 3.05) is 13.1 Å². The molecule has 0 radical (unpaired) electrons. The molecule has 7 heteroatoms. The maximum absolute atomic E-state index is 13.2. The Balaban J connectivity index is 1.97. The number of carbonyl (C=O) groups is 1. The van der Waals surface area contributed by atoms with Gasteiger partial charge in [-0.2, -0.15) is 4.31 Å². The molecule has 2 heterocycles. The van der Waals surface area contributed by atoms with Crippen LogP contribution in [-0.2, 0) is 32.8 Å². The zero-order valence-corrected chi connectivity index (χ0v) is 14.9. The molecular formula is C17H24N2O4S. The lowest BCUT2D eigenvalue weighted by Gasteiger charge is -2.28. The number of ether oxygens (including phenoxy) is 1. The predicted molar refractivity (Wildman–Crippen MR) is 89.7 cm³/mol. The van der Waals surface area contributed by atoms with E-state index in [2.05, 4.69) is 5.32 Å². The number of amides is 1. The molecule has 0 spiro atoms. The summed E-state index contributed by atoms with van der Waals surface area (Å²) in [5, 5.41) is 2.83. The van der Waals surface area contributed by atoms with Crippen LogP contribution in [0, 0.1) is 5.92 Å². The molecule has 2 aliphatic rings. The van der Waals surface area contributed by atoms with Crippen LogP contribution in [0.3, 0.4) is 0 Å². The molecule has 1 N–H and O–H groups in total. The highest BCUT2D eigenvalue weighted by molar-refractivity contribution is 7.89. The Morgan fingerprint density at radius 1 is 1.29 bits per heavy atom. The molecule has 132 valence electrons. The zero-order chi connectivity index (χ0) is 17.3. The topological polar surface area (TPSA) is 75.7 Å². The Bertz CT molecular complexity index is 730. The van der Waals surface area contributed by atoms with Gasteiger partial charge in [0.15, 0.2) is 0 Å². The summed E-state index contributed by atoms with van der Waals surface area (Å²) < 4.78 is 33.1. The number of benzene rings is 1. The summed E-state index contributed by atoms with van der Waals surface area (Å²) in [6, 6.07) is 4.47. The van der Waals surface area contributed by atoms with Crippen molar-refractivity contribution in [1.82, 2.24) is 9.62 Å². The van der Waals surface area contributed by atoms with Gasteiger partial charge in [0, 0.05) is 13.1 Å². The van der Waals surface area contributed by atoms with Gasteiger partial charge in [0.25, 0.3) is 0 Å². The largest absolute Gasteiger partial charge is 0.372 e. The van der Waals surface area contributed by atoms with Gasteiger partial charge in [0.05, 0.1) is 18.1 Å². The van der Waals surface area contributed by atoms with Crippen molar-refractivity contribution in [3.05, 3.63) is 29.3 Å². The van der Waals surface area contributed by atoms with Crippen molar-refractivity contribution < 1.29 is 17.9 Å². The van der Waals surface area contributed by atoms with Crippen LogP contribution in [0.15, 0.2) is 23.1 Å². The van der Waals surface area contributed by atoms with E-state index in [1.807, 2.05) is 19.9 Å². The summed E-state index contributed by atoms with van der Waals surface area (Å²) >= 11 is 0. The molecule has 2 aliphatic heterocycles. The lowest BCUT2D eigenvalue weighted by atomic mass is 10.0. The second kappa shape index (κ2) is 6.82. The Morgan fingerprint density at radius 2 is 2.04 bits per heavy atom. The summed E-state index contributed by atoms with van der Waals surface area (Å²) in [7, 11) is -3.72. The van der Waals surface area contributed by atoms with Gasteiger partial charge in [-0.15, -0.1) is 0 Å². The normalized spacial score (nSPS) is 22.3. The molecule has 1 aromatic rings. The minimum atomic E-state index is -3.72. The van der Waals surface area contributed by atoms with Gasteiger partial charge < -0.3 is 10.1 Å². The van der Waals surface area contributed by atoms with Gasteiger partial charge in [-0.05, 0) is 42.0 Å². The highest BCUT2D eigenvalue weighted by atomic mass is 32.2. The molecule has 0 bridgehead atoms. The highest BCUT2D eigenvalue weighted by Crippen LogP contribution is 2.28. The molecule has 0 aliphatic carbocycles. The highest BCUT2D eigenvalue weighted by Gasteiger charge is 2.37. The second-order valence-corrected chi connectivity index (χ2v) is 8.72. The SMILES string of the molecule is CC(C)CC1C(=O)NCCCN1S(=O)(=O)c1ccc2c(c1)COC2. The molecule has 0 saturated carbocycles. The lowest BCUT2D eigenvalue weighted by molar-refractivity contribution is -0.124. The molecule has 1 fully saturated rings. The van der Waals surface area contributed by atoms with Crippen LogP contribution >= 0.6 is 0 Å². The van der Waals surface area contributed by atoms with E-state index in [0.29, 0.717) is 39.1 Å². The smallest absolute Gasteiger partial charge is 0.243 e. The first-order chi connectivity index (χ1) is 11.4. The Labute approximate surface area is 143 Å². The molecule has 6 nitrogen and oxygen atoms in total. The van der Waals surface area contributed by atoms with Gasteiger partial charge in [-0.1, -0.05) is 19.9 Å². The summed E-state index contributed by atoms with van der Waals surface area (Å²) in [4.78, 5) is 12.6. The van der Waals surface area contributed by atoms with E-state index in [-0.39, 0.29) is 16.7 Å². The Kier molecular flexibility index (Phi) is 4.94. The fraction of sp³-hybridized carbons (Fsp3) is 0.588. The third-order valence-electron chi connectivity index (χ3n) is 4.50. The van der Waals surface area contributed by atoms with E-state index in [1.165, 1.54) is 4.31 Å². The van der Waals surface area contributed by atoms with Crippen LogP contribution in [0.5, 0.6) is 0 Å². The molecule has 1 atom stereocenters. The lowest BCUT2D eigenvalue weighted by Crippen LogP contribution is -2.47. The van der Waals surface area contributed by atoms with E-state index in [1.54, 1.807) is 12.1 Å². The molecule has 0 aromatic heterocycles. The van der Waals surface area contributed by atoms with E-state index in [4.69, 9.17) is 4.74 Å². The van der Waals surface area contributed by atoms with E-state index in [9.17, 15) is 13.2 Å². The van der Waals surface area contributed by atoms with Gasteiger partial charge in [-0.25, -0.2) is 8.42 Å². The van der Waals surface area contributed by atoms with Gasteiger partial charge >= 0.3 is 0 Å². The number of sulfonamides is 1. The van der Waals surface area contributed by atoms with E-state index >= 15 is 0 Å². The van der Waals surface area contributed by atoms with Crippen molar-refractivity contribution in [1.29, 1.82) is 0 Å². The molecule has 24 heavy (non-hydrogen) atoms. The van der Waals surface area contributed by atoms with Crippen molar-refractivity contribution in [3.8, 4) is 0 Å². The average Bonchev–Trinajstić information content (AvgIpc) is 2.92. The molecule has 1 saturated heterocycles. The summed E-state index contributed by atoms with van der Waals surface area (Å²) in [6.07, 6.45) is 1.13. The molecular weight excluding hydrogens is 328 g/mol. The molecule has 1 amide bonds. The summed E-state index contributed by atoms with van der Waals surface area (Å²) in [6.45, 7) is 5.82. The standard InChI is InChI=1S/C17H24N2O4S/c1-12(2)8-16-17(20)18-6-3-7-19(16)24(21,22)15-5-4-13-10-23-11-14(13)9-15/h4-5,9,12,16H,3,6-8,10-11H2,1-2H3,(H,18,20). The summed E-state index contributed by atoms with van der Waals surface area (Å²) in [5.74, 6) is 0.0271. The fourth-order valence-electron chi connectivity index (χ4n) is 3.25. The third kappa shape index (κ3) is 3.34. The maximum Gasteiger partial charge on any atom is 0.243 e. The van der Waals surface area contributed by atoms with Crippen molar-refractivity contribution in [2.24, 2.45) is 5.92 Å². The van der Waals surface area contributed by atoms with E-state index in [0.717, 1.165) is 11.1 Å². The number of fused-ring (bicyclic) bond motifs is 1. The van der Waals surface area contributed by atoms with Crippen LogP contribution in [0.4, 0.5) is 0 Å². The minimum Gasteiger partial charge on any atom is -0.372 e. The quantitative estimate of drug-likeness (QED) is 0.894. The van der Waals surface area contributed by atoms with Gasteiger partial charge in [0.2, 0.25) is 15.9 Å². The number of rotatable bonds is 4. The predicted octanol–water partition coefficient (Wildman–Crippen LogP) is 1.64. The second-order valence-electron chi connectivity index (χ2n) is 6.83. The molecule has 1 aromatic carbocycles. The van der Waals surface area contributed by atoms with Crippen LogP contribution in [0.25, 0.3) is 0 Å². The van der Waals surface area contributed by atoms with Crippen molar-refractivity contribution in [3.63, 3.8) is 0 Å². The maximum atomic E-state index is 13.2. The van der Waals surface area contributed by atoms with Crippen LogP contribution in [0.2, 0.25) is 0 Å². The number of carbonyl (C=O) groups excluding carboxylic acids is 1. The number of hydrogen-bond donors (Lipinski definition) is 1. The van der Waals surface area contributed by atoms with Crippen LogP contribution in [0.1, 0.15) is 37.8 Å². The van der Waals surface area contributed by atoms with E-state index < -0.39 is 16.1 Å². The molecule has 3 rings (SSSR count). The Morgan fingerprint density at radius 3 is 2.79 bits per heavy atom. The van der Waals surface area contributed by atoms with Crippen LogP contribution < -0.4 is 5.32 Å². The third-order valence-corrected chi connectivity index (χ3v) is 6.40. The number of hydrogen-bond acceptors (Lipinski definition) is 4. The van der Waals surface area contributed by atoms with Gasteiger partial charge in [0.1, 0.15) is 6.04 Å². The average molecular weight is 352 g/mol. The van der Waals surface area contributed by atoms with Gasteiger partial charge in [-0.3, -0.25) is 4.79 Å². The first-order valence-corrected chi connectivity index (χ1v) is 9.82. The van der Waals surface area contributed by atoms with Crippen molar-refractivity contribution >= 4 is 15.9 Å². The Hall–Kier alpha value is -1.44. The monoisotopic (exact) mass is 352 g/mol. The zero-order valence-electron chi connectivity index (χ0n) is 14.1. The first-order valence-electron chi connectivity index (χ1n) is 8.38. The first kappa shape index (κ1) is 17.4.